The molecular weight excluding hydrogens is 152 g/mol. The first-order chi connectivity index (χ1) is 4.84. The van der Waals surface area contributed by atoms with Crippen LogP contribution in [-0.2, 0) is 0 Å². The molecule has 0 radical (unpaired) electrons. The number of rotatable bonds is 1. The minimum absolute atomic E-state index is 0.197. The molecule has 1 aromatic rings. The van der Waals surface area contributed by atoms with Crippen molar-refractivity contribution >= 4 is 17.2 Å². The summed E-state index contributed by atoms with van der Waals surface area (Å²) in [6, 6.07) is 0. The summed E-state index contributed by atoms with van der Waals surface area (Å²) in [5.74, 6) is -0.635. The number of hydrogen-bond acceptors (Lipinski definition) is 3. The number of azide groups is 1. The normalized spacial score (nSPS) is 8.40. The van der Waals surface area contributed by atoms with Crippen LogP contribution >= 0.6 is 11.3 Å². The molecule has 0 fully saturated rings. The molecule has 1 aromatic heterocycles. The van der Waals surface area contributed by atoms with Crippen LogP contribution in [0.25, 0.3) is 10.4 Å². The van der Waals surface area contributed by atoms with Crippen LogP contribution in [0.1, 0.15) is 10.5 Å². The topological polar surface area (TPSA) is 78.7 Å². The van der Waals surface area contributed by atoms with Gasteiger partial charge in [0.1, 0.15) is 5.69 Å². The van der Waals surface area contributed by atoms with Gasteiger partial charge in [0.05, 0.1) is 5.51 Å². The molecule has 5 nitrogen and oxygen atoms in total. The molecular formula is C4H2N4OS. The zero-order valence-electron chi connectivity index (χ0n) is 4.76. The second-order valence-corrected chi connectivity index (χ2v) is 2.09. The number of carbonyl (C=O) groups is 1. The summed E-state index contributed by atoms with van der Waals surface area (Å²) in [5, 5.41) is 4.38. The fraction of sp³-hybridized carbons (Fsp3) is 0. The van der Waals surface area contributed by atoms with Gasteiger partial charge in [-0.1, -0.05) is 0 Å². The van der Waals surface area contributed by atoms with Gasteiger partial charge in [-0.25, -0.2) is 4.98 Å². The van der Waals surface area contributed by atoms with E-state index in [2.05, 4.69) is 15.0 Å². The van der Waals surface area contributed by atoms with Crippen molar-refractivity contribution in [3.05, 3.63) is 27.0 Å². The fourth-order valence-corrected chi connectivity index (χ4v) is 0.936. The van der Waals surface area contributed by atoms with Crippen LogP contribution in [-0.4, -0.2) is 10.9 Å². The average Bonchev–Trinajstić information content (AvgIpc) is 2.38. The Morgan fingerprint density at radius 1 is 1.90 bits per heavy atom. The highest BCUT2D eigenvalue weighted by atomic mass is 32.1. The van der Waals surface area contributed by atoms with Crippen molar-refractivity contribution < 1.29 is 4.79 Å². The lowest BCUT2D eigenvalue weighted by Crippen LogP contribution is -1.91. The Morgan fingerprint density at radius 2 is 2.70 bits per heavy atom. The van der Waals surface area contributed by atoms with Crippen molar-refractivity contribution in [3.8, 4) is 0 Å². The average molecular weight is 154 g/mol. The highest BCUT2D eigenvalue weighted by molar-refractivity contribution is 7.07. The summed E-state index contributed by atoms with van der Waals surface area (Å²) in [6.07, 6.45) is 0. The third-order valence-electron chi connectivity index (χ3n) is 0.787. The Kier molecular flexibility index (Phi) is 1.99. The van der Waals surface area contributed by atoms with E-state index in [9.17, 15) is 4.79 Å². The van der Waals surface area contributed by atoms with Crippen molar-refractivity contribution in [3.63, 3.8) is 0 Å². The van der Waals surface area contributed by atoms with Gasteiger partial charge in [-0.15, -0.1) is 11.3 Å². The van der Waals surface area contributed by atoms with E-state index in [1.165, 1.54) is 22.2 Å². The van der Waals surface area contributed by atoms with Crippen LogP contribution in [0, 0.1) is 0 Å². The quantitative estimate of drug-likeness (QED) is 0.349. The van der Waals surface area contributed by atoms with Crippen molar-refractivity contribution in [2.45, 2.75) is 0 Å². The van der Waals surface area contributed by atoms with Crippen LogP contribution in [0.2, 0.25) is 0 Å². The molecule has 50 valence electrons. The van der Waals surface area contributed by atoms with Gasteiger partial charge in [-0.05, 0) is 10.6 Å². The Labute approximate surface area is 60.0 Å². The molecule has 0 saturated carbocycles. The van der Waals surface area contributed by atoms with Crippen LogP contribution in [0.15, 0.2) is 16.0 Å². The van der Waals surface area contributed by atoms with E-state index in [1.54, 1.807) is 0 Å². The van der Waals surface area contributed by atoms with Crippen LogP contribution < -0.4 is 0 Å². The highest BCUT2D eigenvalue weighted by Gasteiger charge is 2.02. The van der Waals surface area contributed by atoms with E-state index in [1.807, 2.05) is 0 Å². The molecule has 0 spiro atoms. The maximum atomic E-state index is 10.6. The molecule has 0 unspecified atom stereocenters. The number of nitrogens with zero attached hydrogens (tertiary/aromatic N) is 4. The van der Waals surface area contributed by atoms with Gasteiger partial charge < -0.3 is 0 Å². The number of aromatic nitrogens is 1. The minimum atomic E-state index is -0.635. The van der Waals surface area contributed by atoms with Gasteiger partial charge in [0.25, 0.3) is 5.91 Å². The lowest BCUT2D eigenvalue weighted by molar-refractivity contribution is 0.0996. The first kappa shape index (κ1) is 6.73. The molecule has 1 heterocycles. The lowest BCUT2D eigenvalue weighted by atomic mass is 10.5. The standard InChI is InChI=1S/C4H2N4OS/c5-8-7-4(9)3-1-10-2-6-3/h1-2H. The predicted octanol–water partition coefficient (Wildman–Crippen LogP) is 1.59. The third kappa shape index (κ3) is 1.31. The molecule has 0 saturated heterocycles. The molecule has 0 atom stereocenters. The summed E-state index contributed by atoms with van der Waals surface area (Å²) in [6.45, 7) is 0. The van der Waals surface area contributed by atoms with Crippen LogP contribution in [0.3, 0.4) is 0 Å². The number of carbonyl (C=O) groups excluding carboxylic acids is 1. The summed E-state index contributed by atoms with van der Waals surface area (Å²) in [5.41, 5.74) is 9.55. The van der Waals surface area contributed by atoms with E-state index < -0.39 is 5.91 Å². The van der Waals surface area contributed by atoms with Crippen molar-refractivity contribution in [2.75, 3.05) is 0 Å². The van der Waals surface area contributed by atoms with Gasteiger partial charge in [0, 0.05) is 10.3 Å². The molecule has 0 N–H and O–H groups in total. The second-order valence-electron chi connectivity index (χ2n) is 1.37. The molecule has 1 amide bonds. The molecule has 6 heteroatoms. The van der Waals surface area contributed by atoms with Gasteiger partial charge in [-0.2, -0.15) is 0 Å². The molecule has 10 heavy (non-hydrogen) atoms. The molecule has 1 rings (SSSR count). The molecule has 0 aliphatic rings. The Balaban J connectivity index is 2.87. The first-order valence-electron chi connectivity index (χ1n) is 2.32. The summed E-state index contributed by atoms with van der Waals surface area (Å²) in [7, 11) is 0. The SMILES string of the molecule is [N-]=[N+]=NC(=O)c1cscn1. The fourth-order valence-electron chi connectivity index (χ4n) is 0.410. The van der Waals surface area contributed by atoms with Crippen molar-refractivity contribution in [1.29, 1.82) is 0 Å². The van der Waals surface area contributed by atoms with Gasteiger partial charge >= 0.3 is 0 Å². The second kappa shape index (κ2) is 2.95. The summed E-state index contributed by atoms with van der Waals surface area (Å²) >= 11 is 1.28. The minimum Gasteiger partial charge on any atom is -0.285 e. The molecule has 0 bridgehead atoms. The van der Waals surface area contributed by atoms with E-state index in [-0.39, 0.29) is 5.69 Å². The summed E-state index contributed by atoms with van der Waals surface area (Å²) < 4.78 is 0. The molecule has 0 aromatic carbocycles. The highest BCUT2D eigenvalue weighted by Crippen LogP contribution is 2.01. The molecule has 0 aliphatic heterocycles. The zero-order valence-corrected chi connectivity index (χ0v) is 5.58. The van der Waals surface area contributed by atoms with E-state index in [0.717, 1.165) is 0 Å². The monoisotopic (exact) mass is 154 g/mol. The van der Waals surface area contributed by atoms with E-state index in [4.69, 9.17) is 5.53 Å². The Morgan fingerprint density at radius 3 is 3.20 bits per heavy atom. The molecule has 0 aliphatic carbocycles. The van der Waals surface area contributed by atoms with Crippen LogP contribution in [0.4, 0.5) is 0 Å². The first-order valence-corrected chi connectivity index (χ1v) is 3.26. The third-order valence-corrected chi connectivity index (χ3v) is 1.37. The number of hydrogen-bond donors (Lipinski definition) is 0. The van der Waals surface area contributed by atoms with Gasteiger partial charge in [-0.3, -0.25) is 4.79 Å². The lowest BCUT2D eigenvalue weighted by Gasteiger charge is -1.79. The summed E-state index contributed by atoms with van der Waals surface area (Å²) in [4.78, 5) is 16.6. The smallest absolute Gasteiger partial charge is 0.268 e. The number of thiazole rings is 1. The van der Waals surface area contributed by atoms with Gasteiger partial charge in [0.15, 0.2) is 0 Å². The van der Waals surface area contributed by atoms with E-state index in [0.29, 0.717) is 0 Å². The van der Waals surface area contributed by atoms with Crippen LogP contribution in [0.5, 0.6) is 0 Å². The van der Waals surface area contributed by atoms with Gasteiger partial charge in [0.2, 0.25) is 0 Å². The van der Waals surface area contributed by atoms with E-state index >= 15 is 0 Å². The number of amides is 1. The largest absolute Gasteiger partial charge is 0.285 e. The Hall–Kier alpha value is -1.39. The predicted molar refractivity (Wildman–Crippen MR) is 35.6 cm³/mol. The Bertz CT molecular complexity index is 273. The van der Waals surface area contributed by atoms with Crippen molar-refractivity contribution in [1.82, 2.24) is 4.98 Å². The maximum Gasteiger partial charge on any atom is 0.268 e. The maximum absolute atomic E-state index is 10.6. The van der Waals surface area contributed by atoms with Crippen molar-refractivity contribution in [2.24, 2.45) is 5.11 Å². The zero-order chi connectivity index (χ0) is 7.40.